The molecule has 1 aliphatic heterocycles. The van der Waals surface area contributed by atoms with Crippen molar-refractivity contribution in [2.75, 3.05) is 23.3 Å². The molecule has 1 amide bonds. The topological polar surface area (TPSA) is 75.7 Å². The van der Waals surface area contributed by atoms with Crippen LogP contribution in [-0.2, 0) is 14.8 Å². The molecule has 0 aromatic heterocycles. The standard InChI is InChI=1S/C16H15ClN2O4S/c1-10-3-5-11(6-4-10)19(2)24(21,22)15-8-14-13(7-12(15)17)18-16(20)9-23-14/h3-8H,9H2,1-2H3,(H,18,20). The van der Waals surface area contributed by atoms with Gasteiger partial charge in [-0.3, -0.25) is 9.10 Å². The number of halogens is 1. The third-order valence-corrected chi connectivity index (χ3v) is 5.95. The summed E-state index contributed by atoms with van der Waals surface area (Å²) < 4.78 is 32.2. The average Bonchev–Trinajstić information content (AvgIpc) is 2.54. The van der Waals surface area contributed by atoms with Crippen molar-refractivity contribution in [3.8, 4) is 5.75 Å². The van der Waals surface area contributed by atoms with Crippen molar-refractivity contribution < 1.29 is 17.9 Å². The molecule has 8 heteroatoms. The molecular formula is C16H15ClN2O4S. The highest BCUT2D eigenvalue weighted by molar-refractivity contribution is 7.93. The quantitative estimate of drug-likeness (QED) is 0.906. The molecule has 2 aromatic rings. The number of ether oxygens (including phenoxy) is 1. The fourth-order valence-corrected chi connectivity index (χ4v) is 4.03. The smallest absolute Gasteiger partial charge is 0.265 e. The first kappa shape index (κ1) is 16.6. The van der Waals surface area contributed by atoms with E-state index in [1.165, 1.54) is 19.2 Å². The maximum absolute atomic E-state index is 12.9. The number of sulfonamides is 1. The number of hydrogen-bond acceptors (Lipinski definition) is 4. The lowest BCUT2D eigenvalue weighted by Crippen LogP contribution is -2.28. The fraction of sp³-hybridized carbons (Fsp3) is 0.188. The molecule has 1 N–H and O–H groups in total. The second kappa shape index (κ2) is 5.99. The summed E-state index contributed by atoms with van der Waals surface area (Å²) >= 11 is 6.14. The zero-order valence-corrected chi connectivity index (χ0v) is 14.6. The van der Waals surface area contributed by atoms with Crippen LogP contribution in [0.25, 0.3) is 0 Å². The maximum atomic E-state index is 12.9. The van der Waals surface area contributed by atoms with E-state index in [0.29, 0.717) is 11.4 Å². The van der Waals surface area contributed by atoms with Gasteiger partial charge in [0.15, 0.2) is 6.61 Å². The predicted octanol–water partition coefficient (Wildman–Crippen LogP) is 2.80. The summed E-state index contributed by atoms with van der Waals surface area (Å²) in [4.78, 5) is 11.3. The average molecular weight is 367 g/mol. The van der Waals surface area contributed by atoms with E-state index in [1.807, 2.05) is 19.1 Å². The maximum Gasteiger partial charge on any atom is 0.265 e. The lowest BCUT2D eigenvalue weighted by Gasteiger charge is -2.23. The van der Waals surface area contributed by atoms with Crippen molar-refractivity contribution in [1.82, 2.24) is 0 Å². The van der Waals surface area contributed by atoms with E-state index in [-0.39, 0.29) is 28.2 Å². The lowest BCUT2D eigenvalue weighted by molar-refractivity contribution is -0.118. The summed E-state index contributed by atoms with van der Waals surface area (Å²) in [6, 6.07) is 9.80. The summed E-state index contributed by atoms with van der Waals surface area (Å²) in [6.45, 7) is 1.76. The van der Waals surface area contributed by atoms with Crippen molar-refractivity contribution in [1.29, 1.82) is 0 Å². The Balaban J connectivity index is 2.03. The third-order valence-electron chi connectivity index (χ3n) is 3.70. The van der Waals surface area contributed by atoms with Gasteiger partial charge in [-0.05, 0) is 25.1 Å². The molecule has 3 rings (SSSR count). The Morgan fingerprint density at radius 1 is 1.21 bits per heavy atom. The minimum atomic E-state index is -3.87. The minimum absolute atomic E-state index is 0.0125. The Labute approximate surface area is 145 Å². The number of carbonyl (C=O) groups is 1. The molecular weight excluding hydrogens is 352 g/mol. The van der Waals surface area contributed by atoms with Gasteiger partial charge in [-0.1, -0.05) is 29.3 Å². The number of hydrogen-bond donors (Lipinski definition) is 1. The molecule has 0 saturated carbocycles. The van der Waals surface area contributed by atoms with E-state index in [9.17, 15) is 13.2 Å². The summed E-state index contributed by atoms with van der Waals surface area (Å²) in [7, 11) is -2.42. The molecule has 0 radical (unpaired) electrons. The van der Waals surface area contributed by atoms with Gasteiger partial charge >= 0.3 is 0 Å². The van der Waals surface area contributed by atoms with Crippen LogP contribution in [-0.4, -0.2) is 28.0 Å². The third kappa shape index (κ3) is 2.92. The van der Waals surface area contributed by atoms with Crippen molar-refractivity contribution in [3.05, 3.63) is 47.0 Å². The lowest BCUT2D eigenvalue weighted by atomic mass is 10.2. The molecule has 0 saturated heterocycles. The van der Waals surface area contributed by atoms with Crippen LogP contribution in [0.4, 0.5) is 11.4 Å². The van der Waals surface area contributed by atoms with Crippen molar-refractivity contribution in [2.45, 2.75) is 11.8 Å². The van der Waals surface area contributed by atoms with Crippen LogP contribution in [0.15, 0.2) is 41.3 Å². The van der Waals surface area contributed by atoms with Gasteiger partial charge in [0.1, 0.15) is 10.6 Å². The van der Waals surface area contributed by atoms with Crippen LogP contribution in [0.1, 0.15) is 5.56 Å². The number of aryl methyl sites for hydroxylation is 1. The van der Waals surface area contributed by atoms with Crippen LogP contribution in [0, 0.1) is 6.92 Å². The molecule has 126 valence electrons. The first-order valence-electron chi connectivity index (χ1n) is 7.11. The number of rotatable bonds is 3. The molecule has 1 heterocycles. The molecule has 2 aromatic carbocycles. The Hall–Kier alpha value is -2.25. The summed E-state index contributed by atoms with van der Waals surface area (Å²) in [5.41, 5.74) is 1.90. The van der Waals surface area contributed by atoms with Crippen molar-refractivity contribution in [3.63, 3.8) is 0 Å². The molecule has 0 aliphatic carbocycles. The highest BCUT2D eigenvalue weighted by atomic mass is 35.5. The van der Waals surface area contributed by atoms with Gasteiger partial charge < -0.3 is 10.1 Å². The summed E-state index contributed by atoms with van der Waals surface area (Å²) in [5.74, 6) is -0.0409. The fourth-order valence-electron chi connectivity index (χ4n) is 2.32. The largest absolute Gasteiger partial charge is 0.482 e. The number of nitrogens with zero attached hydrogens (tertiary/aromatic N) is 1. The molecule has 0 bridgehead atoms. The number of amides is 1. The Kier molecular flexibility index (Phi) is 4.15. The zero-order valence-electron chi connectivity index (χ0n) is 13.0. The monoisotopic (exact) mass is 366 g/mol. The summed E-state index contributed by atoms with van der Waals surface area (Å²) in [5, 5.41) is 2.60. The van der Waals surface area contributed by atoms with Crippen molar-refractivity contribution >= 4 is 38.9 Å². The van der Waals surface area contributed by atoms with Gasteiger partial charge in [0, 0.05) is 13.1 Å². The normalized spacial score (nSPS) is 13.7. The van der Waals surface area contributed by atoms with Crippen LogP contribution in [0.2, 0.25) is 5.02 Å². The van der Waals surface area contributed by atoms with Gasteiger partial charge in [0.2, 0.25) is 0 Å². The number of nitrogens with one attached hydrogen (secondary N) is 1. The van der Waals surface area contributed by atoms with E-state index < -0.39 is 10.0 Å². The van der Waals surface area contributed by atoms with Crippen LogP contribution in [0.3, 0.4) is 0 Å². The molecule has 1 aliphatic rings. The van der Waals surface area contributed by atoms with E-state index in [1.54, 1.807) is 12.1 Å². The number of fused-ring (bicyclic) bond motifs is 1. The Bertz CT molecular complexity index is 910. The van der Waals surface area contributed by atoms with Gasteiger partial charge in [-0.15, -0.1) is 0 Å². The minimum Gasteiger partial charge on any atom is -0.482 e. The van der Waals surface area contributed by atoms with E-state index >= 15 is 0 Å². The van der Waals surface area contributed by atoms with Crippen LogP contribution >= 0.6 is 11.6 Å². The molecule has 0 spiro atoms. The molecule has 6 nitrogen and oxygen atoms in total. The first-order chi connectivity index (χ1) is 11.3. The van der Waals surface area contributed by atoms with E-state index in [0.717, 1.165) is 9.87 Å². The van der Waals surface area contributed by atoms with Crippen LogP contribution in [0.5, 0.6) is 5.75 Å². The number of carbonyl (C=O) groups excluding carboxylic acids is 1. The van der Waals surface area contributed by atoms with Gasteiger partial charge in [0.05, 0.1) is 16.4 Å². The molecule has 0 atom stereocenters. The molecule has 24 heavy (non-hydrogen) atoms. The van der Waals surface area contributed by atoms with Gasteiger partial charge in [0.25, 0.3) is 15.9 Å². The second-order valence-electron chi connectivity index (χ2n) is 5.42. The second-order valence-corrected chi connectivity index (χ2v) is 7.77. The molecule has 0 fully saturated rings. The molecule has 0 unspecified atom stereocenters. The van der Waals surface area contributed by atoms with Gasteiger partial charge in [-0.2, -0.15) is 0 Å². The van der Waals surface area contributed by atoms with Crippen molar-refractivity contribution in [2.24, 2.45) is 0 Å². The van der Waals surface area contributed by atoms with E-state index in [4.69, 9.17) is 16.3 Å². The number of benzene rings is 2. The van der Waals surface area contributed by atoms with E-state index in [2.05, 4.69) is 5.32 Å². The van der Waals surface area contributed by atoms with Crippen LogP contribution < -0.4 is 14.4 Å². The highest BCUT2D eigenvalue weighted by Gasteiger charge is 2.28. The number of anilines is 2. The summed E-state index contributed by atoms with van der Waals surface area (Å²) in [6.07, 6.45) is 0. The Morgan fingerprint density at radius 2 is 1.88 bits per heavy atom. The zero-order chi connectivity index (χ0) is 17.5. The predicted molar refractivity (Wildman–Crippen MR) is 92.3 cm³/mol. The Morgan fingerprint density at radius 3 is 2.54 bits per heavy atom. The SMILES string of the molecule is Cc1ccc(N(C)S(=O)(=O)c2cc3c(cc2Cl)NC(=O)CO3)cc1. The first-order valence-corrected chi connectivity index (χ1v) is 8.92. The highest BCUT2D eigenvalue weighted by Crippen LogP contribution is 2.37. The van der Waals surface area contributed by atoms with Gasteiger partial charge in [-0.25, -0.2) is 8.42 Å².